The van der Waals surface area contributed by atoms with Crippen LogP contribution in [0.3, 0.4) is 0 Å². The molecule has 0 spiro atoms. The number of rotatable bonds is 1. The Morgan fingerprint density at radius 3 is 2.20 bits per heavy atom. The van der Waals surface area contributed by atoms with Gasteiger partial charge in [-0.25, -0.2) is 0 Å². The van der Waals surface area contributed by atoms with Gasteiger partial charge < -0.3 is 0 Å². The molecule has 0 N–H and O–H groups in total. The number of benzene rings is 2. The predicted octanol–water partition coefficient (Wildman–Crippen LogP) is 5.31. The second-order valence-electron chi connectivity index (χ2n) is 2.72. The highest BCUT2D eigenvalue weighted by atomic mass is 35.5. The molecule has 0 bridgehead atoms. The quantitative estimate of drug-likeness (QED) is 0.611. The third-order valence-corrected chi connectivity index (χ3v) is 3.10. The molecular formula is C12H7Cl3. The maximum atomic E-state index is 7.89. The Kier molecular flexibility index (Phi) is 1.82. The molecule has 2 rings (SSSR count). The summed E-state index contributed by atoms with van der Waals surface area (Å²) in [5, 5.41) is 0.364. The lowest BCUT2D eigenvalue weighted by Crippen LogP contribution is -1.81. The van der Waals surface area contributed by atoms with Crippen LogP contribution in [0.5, 0.6) is 0 Å². The van der Waals surface area contributed by atoms with Crippen LogP contribution in [-0.2, 0) is 0 Å². The highest BCUT2D eigenvalue weighted by molar-refractivity contribution is 6.49. The van der Waals surface area contributed by atoms with Gasteiger partial charge in [0.15, 0.2) is 0 Å². The average Bonchev–Trinajstić information content (AvgIpc) is 2.43. The van der Waals surface area contributed by atoms with E-state index in [2.05, 4.69) is 0 Å². The SMILES string of the molecule is [2H]c1c([2H])c([2H])c(-c2ccc(Cl)c(Cl)c2Cl)c([2H])c1[2H]. The zero-order chi connectivity index (χ0) is 15.2. The van der Waals surface area contributed by atoms with Gasteiger partial charge in [0.25, 0.3) is 0 Å². The van der Waals surface area contributed by atoms with Crippen molar-refractivity contribution < 1.29 is 6.85 Å². The molecule has 0 heterocycles. The average molecular weight is 263 g/mol. The zero-order valence-corrected chi connectivity index (χ0v) is 9.56. The van der Waals surface area contributed by atoms with Crippen molar-refractivity contribution >= 4 is 34.8 Å². The van der Waals surface area contributed by atoms with E-state index in [1.54, 1.807) is 0 Å². The van der Waals surface area contributed by atoms with Gasteiger partial charge in [-0.2, -0.15) is 0 Å². The van der Waals surface area contributed by atoms with E-state index < -0.39 is 18.1 Å². The second-order valence-corrected chi connectivity index (χ2v) is 3.89. The Bertz CT molecular complexity index is 686. The first-order chi connectivity index (χ1) is 9.27. The fourth-order valence-electron chi connectivity index (χ4n) is 1.10. The Morgan fingerprint density at radius 1 is 0.867 bits per heavy atom. The van der Waals surface area contributed by atoms with Gasteiger partial charge in [0.1, 0.15) is 0 Å². The Labute approximate surface area is 110 Å². The molecule has 0 saturated heterocycles. The molecule has 0 radical (unpaired) electrons. The monoisotopic (exact) mass is 261 g/mol. The van der Waals surface area contributed by atoms with Crippen LogP contribution < -0.4 is 0 Å². The van der Waals surface area contributed by atoms with Gasteiger partial charge in [-0.15, -0.1) is 0 Å². The van der Waals surface area contributed by atoms with E-state index >= 15 is 0 Å². The number of halogens is 3. The lowest BCUT2D eigenvalue weighted by Gasteiger charge is -2.06. The third-order valence-electron chi connectivity index (χ3n) is 1.80. The van der Waals surface area contributed by atoms with Crippen molar-refractivity contribution in [2.75, 3.05) is 0 Å². The highest BCUT2D eigenvalue weighted by Gasteiger charge is 2.09. The molecule has 0 amide bonds. The van der Waals surface area contributed by atoms with Gasteiger partial charge in [0.2, 0.25) is 0 Å². The molecule has 0 aliphatic rings. The molecule has 3 heteroatoms. The van der Waals surface area contributed by atoms with Gasteiger partial charge >= 0.3 is 0 Å². The first-order valence-electron chi connectivity index (χ1n) is 6.48. The minimum atomic E-state index is -0.458. The van der Waals surface area contributed by atoms with Crippen molar-refractivity contribution in [1.82, 2.24) is 0 Å². The minimum Gasteiger partial charge on any atom is -0.0827 e. The van der Waals surface area contributed by atoms with Crippen molar-refractivity contribution in [3.63, 3.8) is 0 Å². The topological polar surface area (TPSA) is 0 Å². The van der Waals surface area contributed by atoms with Crippen LogP contribution in [0.15, 0.2) is 42.3 Å². The van der Waals surface area contributed by atoms with Gasteiger partial charge in [-0.05, 0) is 11.6 Å². The van der Waals surface area contributed by atoms with E-state index in [0.29, 0.717) is 0 Å². The summed E-state index contributed by atoms with van der Waals surface area (Å²) in [6.07, 6.45) is 0. The summed E-state index contributed by atoms with van der Waals surface area (Å²) in [5.41, 5.74) is 0.248. The number of hydrogen-bond donors (Lipinski definition) is 0. The van der Waals surface area contributed by atoms with Crippen molar-refractivity contribution in [2.45, 2.75) is 0 Å². The second kappa shape index (κ2) is 4.44. The fraction of sp³-hybridized carbons (Fsp3) is 0. The predicted molar refractivity (Wildman–Crippen MR) is 66.9 cm³/mol. The standard InChI is InChI=1S/C12H7Cl3/c13-10-7-6-9(11(14)12(10)15)8-4-2-1-3-5-8/h1-7H/i1D,2D,3D,4D,5D. The van der Waals surface area contributed by atoms with E-state index in [1.165, 1.54) is 12.1 Å². The molecule has 0 aromatic heterocycles. The van der Waals surface area contributed by atoms with Crippen LogP contribution in [0, 0.1) is 0 Å². The molecular weight excluding hydrogens is 250 g/mol. The van der Waals surface area contributed by atoms with Crippen molar-refractivity contribution in [2.24, 2.45) is 0 Å². The first kappa shape index (κ1) is 6.15. The zero-order valence-electron chi connectivity index (χ0n) is 12.3. The fourth-order valence-corrected chi connectivity index (χ4v) is 1.73. The summed E-state index contributed by atoms with van der Waals surface area (Å²) >= 11 is 17.8. The Balaban J connectivity index is 2.87. The summed E-state index contributed by atoms with van der Waals surface area (Å²) in [4.78, 5) is 0. The van der Waals surface area contributed by atoms with Crippen LogP contribution in [0.25, 0.3) is 11.1 Å². The summed E-state index contributed by atoms with van der Waals surface area (Å²) in [7, 11) is 0. The summed E-state index contributed by atoms with van der Waals surface area (Å²) in [5.74, 6) is 0. The molecule has 0 nitrogen and oxygen atoms in total. The smallest absolute Gasteiger partial charge is 0.0784 e. The van der Waals surface area contributed by atoms with E-state index in [4.69, 9.17) is 41.7 Å². The normalized spacial score (nSPS) is 15.0. The van der Waals surface area contributed by atoms with E-state index in [0.717, 1.165) is 0 Å². The van der Waals surface area contributed by atoms with Crippen molar-refractivity contribution in [3.05, 3.63) is 57.4 Å². The van der Waals surface area contributed by atoms with Gasteiger partial charge in [0, 0.05) is 5.56 Å². The highest BCUT2D eigenvalue weighted by Crippen LogP contribution is 2.37. The lowest BCUT2D eigenvalue weighted by molar-refractivity contribution is 1.62. The van der Waals surface area contributed by atoms with Crippen molar-refractivity contribution in [1.29, 1.82) is 0 Å². The molecule has 2 aromatic carbocycles. The Morgan fingerprint density at radius 2 is 1.53 bits per heavy atom. The van der Waals surface area contributed by atoms with Crippen molar-refractivity contribution in [3.8, 4) is 11.1 Å². The summed E-state index contributed by atoms with van der Waals surface area (Å²) in [6.45, 7) is 0. The molecule has 0 fully saturated rings. The van der Waals surface area contributed by atoms with E-state index in [9.17, 15) is 0 Å². The van der Waals surface area contributed by atoms with Crippen LogP contribution in [-0.4, -0.2) is 0 Å². The summed E-state index contributed by atoms with van der Waals surface area (Å²) < 4.78 is 38.6. The largest absolute Gasteiger partial charge is 0.0827 e. The van der Waals surface area contributed by atoms with Crippen LogP contribution in [0.4, 0.5) is 0 Å². The maximum absolute atomic E-state index is 7.89. The van der Waals surface area contributed by atoms with Gasteiger partial charge in [0.05, 0.1) is 21.9 Å². The van der Waals surface area contributed by atoms with Crippen LogP contribution in [0.1, 0.15) is 6.85 Å². The third kappa shape index (κ3) is 2.12. The molecule has 0 unspecified atom stereocenters. The molecule has 0 aliphatic heterocycles. The molecule has 76 valence electrons. The molecule has 0 saturated carbocycles. The van der Waals surface area contributed by atoms with Crippen LogP contribution >= 0.6 is 34.8 Å². The van der Waals surface area contributed by atoms with Crippen LogP contribution in [0.2, 0.25) is 15.1 Å². The minimum absolute atomic E-state index is 0.000401. The maximum Gasteiger partial charge on any atom is 0.0784 e. The molecule has 0 atom stereocenters. The molecule has 0 aliphatic carbocycles. The van der Waals surface area contributed by atoms with Gasteiger partial charge in [-0.3, -0.25) is 0 Å². The summed E-state index contributed by atoms with van der Waals surface area (Å²) in [6, 6.07) is 0.954. The van der Waals surface area contributed by atoms with Gasteiger partial charge in [-0.1, -0.05) is 71.1 Å². The first-order valence-corrected chi connectivity index (χ1v) is 5.11. The number of hydrogen-bond acceptors (Lipinski definition) is 0. The Hall–Kier alpha value is -0.690. The molecule has 15 heavy (non-hydrogen) atoms. The lowest BCUT2D eigenvalue weighted by atomic mass is 10.1. The molecule has 2 aromatic rings. The van der Waals surface area contributed by atoms with E-state index in [1.807, 2.05) is 0 Å². The van der Waals surface area contributed by atoms with E-state index in [-0.39, 0.29) is 38.3 Å².